The first-order chi connectivity index (χ1) is 11.1. The van der Waals surface area contributed by atoms with E-state index in [1.54, 1.807) is 17.0 Å². The maximum atomic E-state index is 12.3. The van der Waals surface area contributed by atoms with Crippen LogP contribution in [0.3, 0.4) is 0 Å². The van der Waals surface area contributed by atoms with Crippen molar-refractivity contribution in [1.29, 1.82) is 0 Å². The SMILES string of the molecule is O=C(c1n[nH]n(N=Cc2ccc(O)cc2)c1=O)N1CCNCC1. The Morgan fingerprint density at radius 2 is 1.96 bits per heavy atom. The summed E-state index contributed by atoms with van der Waals surface area (Å²) < 4.78 is 0. The molecule has 3 N–H and O–H groups in total. The summed E-state index contributed by atoms with van der Waals surface area (Å²) in [4.78, 5) is 26.9. The summed E-state index contributed by atoms with van der Waals surface area (Å²) >= 11 is 0. The highest BCUT2D eigenvalue weighted by molar-refractivity contribution is 5.92. The number of hydrogen-bond donors (Lipinski definition) is 3. The minimum atomic E-state index is -0.594. The highest BCUT2D eigenvalue weighted by Crippen LogP contribution is 2.07. The van der Waals surface area contributed by atoms with E-state index in [0.29, 0.717) is 31.7 Å². The Bertz CT molecular complexity index is 771. The molecule has 0 saturated carbocycles. The van der Waals surface area contributed by atoms with Gasteiger partial charge in [-0.3, -0.25) is 9.59 Å². The summed E-state index contributed by atoms with van der Waals surface area (Å²) in [5.41, 5.74) is -0.0717. The molecule has 3 rings (SSSR count). The summed E-state index contributed by atoms with van der Waals surface area (Å²) in [6.07, 6.45) is 1.43. The minimum absolute atomic E-state index is 0.143. The van der Waals surface area contributed by atoms with Crippen LogP contribution in [0.1, 0.15) is 16.1 Å². The second-order valence-electron chi connectivity index (χ2n) is 5.06. The summed E-state index contributed by atoms with van der Waals surface area (Å²) in [5.74, 6) is -0.254. The molecule has 9 heteroatoms. The van der Waals surface area contributed by atoms with Crippen LogP contribution in [0.2, 0.25) is 0 Å². The lowest BCUT2D eigenvalue weighted by atomic mass is 10.2. The number of benzene rings is 1. The Kier molecular flexibility index (Phi) is 4.20. The van der Waals surface area contributed by atoms with Crippen molar-refractivity contribution in [2.75, 3.05) is 26.2 Å². The van der Waals surface area contributed by atoms with Gasteiger partial charge in [0.25, 0.3) is 5.91 Å². The van der Waals surface area contributed by atoms with Crippen molar-refractivity contribution in [3.05, 3.63) is 45.9 Å². The number of piperazine rings is 1. The highest BCUT2D eigenvalue weighted by Gasteiger charge is 2.24. The largest absolute Gasteiger partial charge is 0.508 e. The maximum absolute atomic E-state index is 12.3. The molecule has 9 nitrogen and oxygen atoms in total. The van der Waals surface area contributed by atoms with E-state index in [1.165, 1.54) is 18.3 Å². The van der Waals surface area contributed by atoms with Crippen LogP contribution >= 0.6 is 0 Å². The fraction of sp³-hybridized carbons (Fsp3) is 0.286. The lowest BCUT2D eigenvalue weighted by molar-refractivity contribution is 0.0728. The molecule has 0 unspecified atom stereocenters. The topological polar surface area (TPSA) is 116 Å². The van der Waals surface area contributed by atoms with Crippen LogP contribution in [-0.4, -0.2) is 63.4 Å². The normalized spacial score (nSPS) is 15.2. The zero-order chi connectivity index (χ0) is 16.2. The second-order valence-corrected chi connectivity index (χ2v) is 5.06. The van der Waals surface area contributed by atoms with Gasteiger partial charge in [-0.15, -0.1) is 9.89 Å². The quantitative estimate of drug-likeness (QED) is 0.642. The summed E-state index contributed by atoms with van der Waals surface area (Å²) in [7, 11) is 0. The zero-order valence-electron chi connectivity index (χ0n) is 12.3. The van der Waals surface area contributed by atoms with Crippen LogP contribution in [0.4, 0.5) is 0 Å². The number of phenols is 1. The zero-order valence-corrected chi connectivity index (χ0v) is 12.3. The second kappa shape index (κ2) is 6.44. The molecule has 0 radical (unpaired) electrons. The molecule has 1 saturated heterocycles. The molecule has 0 bridgehead atoms. The molecular formula is C14H16N6O3. The Morgan fingerprint density at radius 3 is 2.65 bits per heavy atom. The Balaban J connectivity index is 1.77. The molecule has 23 heavy (non-hydrogen) atoms. The first-order valence-corrected chi connectivity index (χ1v) is 7.16. The number of hydrogen-bond acceptors (Lipinski definition) is 6. The van der Waals surface area contributed by atoms with Crippen molar-refractivity contribution in [3.63, 3.8) is 0 Å². The van der Waals surface area contributed by atoms with Gasteiger partial charge in [-0.1, -0.05) is 0 Å². The average Bonchev–Trinajstić information content (AvgIpc) is 2.95. The molecule has 1 aliphatic rings. The highest BCUT2D eigenvalue weighted by atomic mass is 16.3. The number of H-pyrrole nitrogens is 1. The number of nitrogens with one attached hydrogen (secondary N) is 2. The molecule has 2 heterocycles. The van der Waals surface area contributed by atoms with Crippen LogP contribution in [0.5, 0.6) is 5.75 Å². The van der Waals surface area contributed by atoms with Crippen molar-refractivity contribution in [3.8, 4) is 5.75 Å². The van der Waals surface area contributed by atoms with E-state index in [-0.39, 0.29) is 11.4 Å². The van der Waals surface area contributed by atoms with E-state index in [0.717, 1.165) is 4.79 Å². The first kappa shape index (κ1) is 15.0. The van der Waals surface area contributed by atoms with Gasteiger partial charge in [0, 0.05) is 26.2 Å². The standard InChI is InChI=1S/C14H16N6O3/c21-11-3-1-10(2-4-11)9-16-20-14(23)12(17-18-20)13(22)19-7-5-15-6-8-19/h1-4,9,15,18,21H,5-8H2. The number of carbonyl (C=O) groups is 1. The Labute approximate surface area is 131 Å². The number of aromatic nitrogens is 3. The third-order valence-corrected chi connectivity index (χ3v) is 3.47. The monoisotopic (exact) mass is 316 g/mol. The Morgan fingerprint density at radius 1 is 1.26 bits per heavy atom. The van der Waals surface area contributed by atoms with E-state index in [9.17, 15) is 14.7 Å². The maximum Gasteiger partial charge on any atom is 0.320 e. The lowest BCUT2D eigenvalue weighted by Crippen LogP contribution is -2.47. The third-order valence-electron chi connectivity index (χ3n) is 3.47. The van der Waals surface area contributed by atoms with Crippen LogP contribution < -0.4 is 10.9 Å². The van der Waals surface area contributed by atoms with Crippen molar-refractivity contribution >= 4 is 12.1 Å². The smallest absolute Gasteiger partial charge is 0.320 e. The van der Waals surface area contributed by atoms with E-state index in [4.69, 9.17) is 0 Å². The number of amides is 1. The van der Waals surface area contributed by atoms with Crippen molar-refractivity contribution in [2.24, 2.45) is 5.10 Å². The number of rotatable bonds is 3. The fourth-order valence-electron chi connectivity index (χ4n) is 2.21. The average molecular weight is 316 g/mol. The molecule has 1 aliphatic heterocycles. The van der Waals surface area contributed by atoms with Crippen LogP contribution in [-0.2, 0) is 0 Å². The summed E-state index contributed by atoms with van der Waals surface area (Å²) in [5, 5.41) is 22.5. The van der Waals surface area contributed by atoms with Gasteiger partial charge in [0.15, 0.2) is 0 Å². The molecule has 0 spiro atoms. The first-order valence-electron chi connectivity index (χ1n) is 7.16. The number of phenolic OH excluding ortho intramolecular Hbond substituents is 1. The van der Waals surface area contributed by atoms with Gasteiger partial charge in [-0.05, 0) is 29.8 Å². The number of carbonyl (C=O) groups excluding carboxylic acids is 1. The van der Waals surface area contributed by atoms with Crippen LogP contribution in [0, 0.1) is 0 Å². The van der Waals surface area contributed by atoms with Crippen molar-refractivity contribution in [1.82, 2.24) is 25.3 Å². The minimum Gasteiger partial charge on any atom is -0.508 e. The van der Waals surface area contributed by atoms with E-state index < -0.39 is 11.5 Å². The fourth-order valence-corrected chi connectivity index (χ4v) is 2.21. The summed E-state index contributed by atoms with van der Waals surface area (Å²) in [6.45, 7) is 2.48. The van der Waals surface area contributed by atoms with Crippen molar-refractivity contribution < 1.29 is 9.90 Å². The van der Waals surface area contributed by atoms with E-state index in [2.05, 4.69) is 20.7 Å². The molecule has 1 amide bonds. The van der Waals surface area contributed by atoms with E-state index in [1.807, 2.05) is 0 Å². The van der Waals surface area contributed by atoms with Gasteiger partial charge in [-0.2, -0.15) is 10.3 Å². The van der Waals surface area contributed by atoms with Gasteiger partial charge in [0.2, 0.25) is 5.69 Å². The molecule has 0 aliphatic carbocycles. The predicted molar refractivity (Wildman–Crippen MR) is 82.7 cm³/mol. The number of aromatic amines is 1. The molecule has 120 valence electrons. The molecule has 1 aromatic carbocycles. The number of nitrogens with zero attached hydrogens (tertiary/aromatic N) is 4. The summed E-state index contributed by atoms with van der Waals surface area (Å²) in [6, 6.07) is 6.31. The van der Waals surface area contributed by atoms with Gasteiger partial charge < -0.3 is 15.3 Å². The number of aromatic hydroxyl groups is 1. The lowest BCUT2D eigenvalue weighted by Gasteiger charge is -2.26. The van der Waals surface area contributed by atoms with Crippen LogP contribution in [0.25, 0.3) is 0 Å². The molecular weight excluding hydrogens is 300 g/mol. The van der Waals surface area contributed by atoms with Gasteiger partial charge in [-0.25, -0.2) is 0 Å². The molecule has 0 atom stereocenters. The molecule has 1 aromatic heterocycles. The Hall–Kier alpha value is -2.94. The van der Waals surface area contributed by atoms with Gasteiger partial charge >= 0.3 is 5.56 Å². The van der Waals surface area contributed by atoms with Crippen LogP contribution in [0.15, 0.2) is 34.2 Å². The molecule has 1 fully saturated rings. The van der Waals surface area contributed by atoms with Gasteiger partial charge in [0.1, 0.15) is 5.75 Å². The third kappa shape index (κ3) is 3.29. The van der Waals surface area contributed by atoms with Gasteiger partial charge in [0.05, 0.1) is 6.21 Å². The molecule has 2 aromatic rings. The van der Waals surface area contributed by atoms with Crippen molar-refractivity contribution in [2.45, 2.75) is 0 Å². The van der Waals surface area contributed by atoms with E-state index >= 15 is 0 Å². The predicted octanol–water partition coefficient (Wildman–Crippen LogP) is -0.795.